The van der Waals surface area contributed by atoms with Crippen molar-refractivity contribution in [1.29, 1.82) is 0 Å². The molecular weight excluding hydrogens is 315 g/mol. The summed E-state index contributed by atoms with van der Waals surface area (Å²) in [5.41, 5.74) is 0.906. The molecule has 1 atom stereocenters. The largest absolute Gasteiger partial charge is 0.469 e. The van der Waals surface area contributed by atoms with Crippen molar-refractivity contribution >= 4 is 24.3 Å². The number of fused-ring (bicyclic) bond motifs is 1. The number of hydrogen-bond donors (Lipinski definition) is 0. The summed E-state index contributed by atoms with van der Waals surface area (Å²) >= 11 is 0. The molecule has 5 nitrogen and oxygen atoms in total. The summed E-state index contributed by atoms with van der Waals surface area (Å²) < 4.78 is 27.3. The number of methoxy groups -OCH3 is 1. The molecule has 0 aliphatic rings. The van der Waals surface area contributed by atoms with Crippen LogP contribution in [0.5, 0.6) is 0 Å². The molecule has 1 unspecified atom stereocenters. The smallest absolute Gasteiger partial charge is 0.330 e. The molecular formula is C17H21O5P. The Labute approximate surface area is 136 Å². The third kappa shape index (κ3) is 4.41. The van der Waals surface area contributed by atoms with Gasteiger partial charge in [0.15, 0.2) is 0 Å². The summed E-state index contributed by atoms with van der Waals surface area (Å²) in [7, 11) is 0.796. The van der Waals surface area contributed by atoms with Crippen molar-refractivity contribution in [1.82, 2.24) is 0 Å². The Morgan fingerprint density at radius 3 is 2.30 bits per heavy atom. The van der Waals surface area contributed by atoms with Gasteiger partial charge >= 0.3 is 13.6 Å². The van der Waals surface area contributed by atoms with Crippen molar-refractivity contribution in [3.8, 4) is 0 Å². The van der Waals surface area contributed by atoms with Crippen LogP contribution in [0, 0.1) is 0 Å². The van der Waals surface area contributed by atoms with Crippen molar-refractivity contribution in [3.63, 3.8) is 0 Å². The van der Waals surface area contributed by atoms with E-state index in [1.165, 1.54) is 21.3 Å². The highest BCUT2D eigenvalue weighted by Crippen LogP contribution is 2.50. The second-order valence-electron chi connectivity index (χ2n) is 5.24. The molecule has 6 heteroatoms. The lowest BCUT2D eigenvalue weighted by Gasteiger charge is -2.21. The predicted octanol–water partition coefficient (Wildman–Crippen LogP) is 3.97. The van der Waals surface area contributed by atoms with Gasteiger partial charge in [-0.15, -0.1) is 0 Å². The number of ether oxygens (including phenoxy) is 1. The molecule has 0 saturated carbocycles. The van der Waals surface area contributed by atoms with Crippen molar-refractivity contribution in [2.45, 2.75) is 12.3 Å². The van der Waals surface area contributed by atoms with Crippen LogP contribution >= 0.6 is 7.60 Å². The summed E-state index contributed by atoms with van der Waals surface area (Å²) in [6.45, 7) is 0. The minimum Gasteiger partial charge on any atom is -0.469 e. The zero-order valence-corrected chi connectivity index (χ0v) is 14.4. The minimum absolute atomic E-state index is 0.117. The van der Waals surface area contributed by atoms with Crippen LogP contribution in [0.15, 0.2) is 42.5 Å². The lowest BCUT2D eigenvalue weighted by molar-refractivity contribution is -0.140. The van der Waals surface area contributed by atoms with Crippen LogP contribution in [0.2, 0.25) is 0 Å². The number of rotatable bonds is 7. The highest BCUT2D eigenvalue weighted by molar-refractivity contribution is 7.53. The van der Waals surface area contributed by atoms with Crippen LogP contribution in [0.25, 0.3) is 10.8 Å². The molecule has 0 aromatic heterocycles. The van der Waals surface area contributed by atoms with Crippen LogP contribution in [0.4, 0.5) is 0 Å². The van der Waals surface area contributed by atoms with E-state index in [0.29, 0.717) is 0 Å². The van der Waals surface area contributed by atoms with E-state index in [2.05, 4.69) is 0 Å². The molecule has 23 heavy (non-hydrogen) atoms. The minimum atomic E-state index is -3.24. The van der Waals surface area contributed by atoms with Gasteiger partial charge in [-0.3, -0.25) is 9.36 Å². The van der Waals surface area contributed by atoms with Crippen LogP contribution in [0.1, 0.15) is 17.9 Å². The lowest BCUT2D eigenvalue weighted by Crippen LogP contribution is -2.13. The van der Waals surface area contributed by atoms with Gasteiger partial charge in [0.05, 0.1) is 19.7 Å². The molecule has 0 N–H and O–H groups in total. The highest BCUT2D eigenvalue weighted by atomic mass is 31.2. The van der Waals surface area contributed by atoms with Crippen molar-refractivity contribution in [2.24, 2.45) is 0 Å². The van der Waals surface area contributed by atoms with E-state index in [-0.39, 0.29) is 24.5 Å². The van der Waals surface area contributed by atoms with Gasteiger partial charge in [0.25, 0.3) is 0 Å². The summed E-state index contributed by atoms with van der Waals surface area (Å²) in [5.74, 6) is -0.667. The van der Waals surface area contributed by atoms with E-state index < -0.39 is 7.60 Å². The fourth-order valence-electron chi connectivity index (χ4n) is 2.53. The third-order valence-corrected chi connectivity index (χ3v) is 5.89. The molecule has 2 aromatic carbocycles. The van der Waals surface area contributed by atoms with Gasteiger partial charge in [-0.25, -0.2) is 0 Å². The quantitative estimate of drug-likeness (QED) is 0.565. The Morgan fingerprint density at radius 2 is 1.70 bits per heavy atom. The van der Waals surface area contributed by atoms with E-state index in [1.54, 1.807) is 0 Å². The monoisotopic (exact) mass is 336 g/mol. The maximum Gasteiger partial charge on any atom is 0.330 e. The Bertz CT molecular complexity index is 720. The molecule has 0 radical (unpaired) electrons. The topological polar surface area (TPSA) is 61.8 Å². The van der Waals surface area contributed by atoms with Crippen molar-refractivity contribution in [3.05, 3.63) is 48.0 Å². The average Bonchev–Trinajstić information content (AvgIpc) is 2.60. The zero-order chi connectivity index (χ0) is 16.9. The molecule has 2 aromatic rings. The first-order chi connectivity index (χ1) is 11.0. The van der Waals surface area contributed by atoms with Gasteiger partial charge in [0.2, 0.25) is 0 Å². The van der Waals surface area contributed by atoms with Crippen LogP contribution in [-0.4, -0.2) is 33.5 Å². The molecule has 0 heterocycles. The van der Waals surface area contributed by atoms with E-state index >= 15 is 0 Å². The SMILES string of the molecule is COC(=O)CC(CP(=O)(OC)OC)c1ccc2ccccc2c1. The van der Waals surface area contributed by atoms with Gasteiger partial charge < -0.3 is 13.8 Å². The zero-order valence-electron chi connectivity index (χ0n) is 13.5. The molecule has 0 fully saturated rings. The fraction of sp³-hybridized carbons (Fsp3) is 0.353. The second kappa shape index (κ2) is 7.73. The Balaban J connectivity index is 2.37. The number of hydrogen-bond acceptors (Lipinski definition) is 5. The number of benzene rings is 2. The molecule has 0 spiro atoms. The van der Waals surface area contributed by atoms with Gasteiger partial charge in [0.1, 0.15) is 0 Å². The lowest BCUT2D eigenvalue weighted by atomic mass is 9.95. The number of esters is 1. The fourth-order valence-corrected chi connectivity index (χ4v) is 3.85. The van der Waals surface area contributed by atoms with Crippen molar-refractivity contribution in [2.75, 3.05) is 27.5 Å². The van der Waals surface area contributed by atoms with Gasteiger partial charge in [-0.2, -0.15) is 0 Å². The summed E-state index contributed by atoms with van der Waals surface area (Å²) in [5, 5.41) is 2.17. The molecule has 0 aliphatic heterocycles. The second-order valence-corrected chi connectivity index (χ2v) is 7.56. The van der Waals surface area contributed by atoms with Gasteiger partial charge in [0, 0.05) is 20.1 Å². The van der Waals surface area contributed by atoms with Crippen molar-refractivity contribution < 1.29 is 23.1 Å². The van der Waals surface area contributed by atoms with E-state index in [1.807, 2.05) is 42.5 Å². The molecule has 2 rings (SSSR count). The molecule has 124 valence electrons. The highest BCUT2D eigenvalue weighted by Gasteiger charge is 2.29. The van der Waals surface area contributed by atoms with E-state index in [4.69, 9.17) is 13.8 Å². The van der Waals surface area contributed by atoms with Gasteiger partial charge in [-0.05, 0) is 16.3 Å². The van der Waals surface area contributed by atoms with Crippen LogP contribution < -0.4 is 0 Å². The summed E-state index contributed by atoms with van der Waals surface area (Å²) in [4.78, 5) is 11.7. The Morgan fingerprint density at radius 1 is 1.04 bits per heavy atom. The maximum absolute atomic E-state index is 12.5. The predicted molar refractivity (Wildman–Crippen MR) is 89.8 cm³/mol. The molecule has 0 amide bonds. The maximum atomic E-state index is 12.5. The first-order valence-electron chi connectivity index (χ1n) is 7.27. The van der Waals surface area contributed by atoms with E-state index in [9.17, 15) is 9.36 Å². The third-order valence-electron chi connectivity index (χ3n) is 3.89. The van der Waals surface area contributed by atoms with E-state index in [0.717, 1.165) is 16.3 Å². The molecule has 0 saturated heterocycles. The Hall–Kier alpha value is -1.68. The first kappa shape index (κ1) is 17.7. The summed E-state index contributed by atoms with van der Waals surface area (Å²) in [6.07, 6.45) is 0.235. The summed E-state index contributed by atoms with van der Waals surface area (Å²) in [6, 6.07) is 13.9. The average molecular weight is 336 g/mol. The Kier molecular flexibility index (Phi) is 5.94. The number of carbonyl (C=O) groups excluding carboxylic acids is 1. The van der Waals surface area contributed by atoms with Crippen LogP contribution in [-0.2, 0) is 23.1 Å². The molecule has 0 aliphatic carbocycles. The number of carbonyl (C=O) groups is 1. The van der Waals surface area contributed by atoms with Gasteiger partial charge in [-0.1, -0.05) is 42.5 Å². The first-order valence-corrected chi connectivity index (χ1v) is 9.00. The standard InChI is InChI=1S/C17H21O5P/c1-20-17(18)11-16(12-23(19,21-2)22-3)15-9-8-13-6-4-5-7-14(13)10-15/h4-10,16H,11-12H2,1-3H3. The normalized spacial score (nSPS) is 13.0. The van der Waals surface area contributed by atoms with Crippen LogP contribution in [0.3, 0.4) is 0 Å². The molecule has 0 bridgehead atoms.